The maximum Gasteiger partial charge on any atom is 0.248 e. The number of nitrogen functional groups attached to an aromatic ring is 1. The minimum atomic E-state index is -0.206. The van der Waals surface area contributed by atoms with Crippen molar-refractivity contribution < 1.29 is 4.79 Å². The number of anilines is 2. The number of likely N-dealkylation sites (N-methyl/N-ethyl adjacent to an activating group) is 1. The summed E-state index contributed by atoms with van der Waals surface area (Å²) in [6.45, 7) is 0.682. The molecule has 0 aliphatic carbocycles. The molecule has 32 heavy (non-hydrogen) atoms. The molecule has 0 aliphatic rings. The van der Waals surface area contributed by atoms with Gasteiger partial charge < -0.3 is 16.0 Å². The molecule has 0 saturated heterocycles. The van der Waals surface area contributed by atoms with Crippen LogP contribution in [-0.4, -0.2) is 51.2 Å². The van der Waals surface area contributed by atoms with Gasteiger partial charge >= 0.3 is 0 Å². The number of aromatic nitrogens is 4. The second-order valence-electron chi connectivity index (χ2n) is 7.43. The van der Waals surface area contributed by atoms with Gasteiger partial charge in [-0.2, -0.15) is 5.10 Å². The average Bonchev–Trinajstić information content (AvgIpc) is 3.15. The van der Waals surface area contributed by atoms with Crippen LogP contribution < -0.4 is 11.1 Å². The highest BCUT2D eigenvalue weighted by Crippen LogP contribution is 2.32. The number of nitrogens with one attached hydrogen (secondary N) is 1. The van der Waals surface area contributed by atoms with Gasteiger partial charge in [-0.3, -0.25) is 4.79 Å². The van der Waals surface area contributed by atoms with Crippen LogP contribution in [0.2, 0.25) is 5.02 Å². The third-order valence-electron chi connectivity index (χ3n) is 4.71. The van der Waals surface area contributed by atoms with E-state index in [1.54, 1.807) is 22.9 Å². The lowest BCUT2D eigenvalue weighted by Gasteiger charge is -2.07. The maximum atomic E-state index is 12.2. The standard InChI is InChI=1S/C23H22ClN7O/c1-30(2)12-4-7-19(32)28-17-5-3-6-18(13-17)31-23-20(22(25)26-14-27-23)21(29-31)15-8-10-16(24)11-9-15/h3-11,13-14H,12H2,1-2H3,(H,28,32)(H2,25,26,27)/b7-4+. The lowest BCUT2D eigenvalue weighted by molar-refractivity contribution is -0.111. The Morgan fingerprint density at radius 3 is 2.72 bits per heavy atom. The number of hydrogen-bond donors (Lipinski definition) is 2. The maximum absolute atomic E-state index is 12.2. The van der Waals surface area contributed by atoms with Gasteiger partial charge in [-0.15, -0.1) is 0 Å². The van der Waals surface area contributed by atoms with Crippen LogP contribution in [0.1, 0.15) is 0 Å². The summed E-state index contributed by atoms with van der Waals surface area (Å²) in [5.41, 5.74) is 9.60. The zero-order valence-corrected chi connectivity index (χ0v) is 18.4. The van der Waals surface area contributed by atoms with Gasteiger partial charge in [-0.05, 0) is 44.4 Å². The first-order valence-corrected chi connectivity index (χ1v) is 10.3. The van der Waals surface area contributed by atoms with Crippen molar-refractivity contribution in [2.45, 2.75) is 0 Å². The highest BCUT2D eigenvalue weighted by Gasteiger charge is 2.18. The second kappa shape index (κ2) is 9.17. The van der Waals surface area contributed by atoms with Crippen molar-refractivity contribution in [3.63, 3.8) is 0 Å². The van der Waals surface area contributed by atoms with Crippen molar-refractivity contribution in [1.82, 2.24) is 24.6 Å². The van der Waals surface area contributed by atoms with Crippen LogP contribution in [0.15, 0.2) is 67.0 Å². The molecule has 0 radical (unpaired) electrons. The summed E-state index contributed by atoms with van der Waals surface area (Å²) in [7, 11) is 3.88. The number of carbonyl (C=O) groups excluding carboxylic acids is 1. The van der Waals surface area contributed by atoms with Gasteiger partial charge in [0, 0.05) is 28.9 Å². The van der Waals surface area contributed by atoms with E-state index in [-0.39, 0.29) is 5.91 Å². The summed E-state index contributed by atoms with van der Waals surface area (Å²) < 4.78 is 1.69. The van der Waals surface area contributed by atoms with Gasteiger partial charge in [0.05, 0.1) is 11.1 Å². The second-order valence-corrected chi connectivity index (χ2v) is 7.87. The topological polar surface area (TPSA) is 102 Å². The smallest absolute Gasteiger partial charge is 0.248 e. The Labute approximate surface area is 190 Å². The molecule has 0 atom stereocenters. The molecule has 0 unspecified atom stereocenters. The fraction of sp³-hybridized carbons (Fsp3) is 0.130. The Bertz CT molecular complexity index is 1300. The quantitative estimate of drug-likeness (QED) is 0.436. The number of benzene rings is 2. The normalized spacial score (nSPS) is 11.5. The highest BCUT2D eigenvalue weighted by molar-refractivity contribution is 6.30. The number of rotatable bonds is 6. The molecule has 8 nitrogen and oxygen atoms in total. The highest BCUT2D eigenvalue weighted by atomic mass is 35.5. The molecule has 0 aliphatic heterocycles. The minimum Gasteiger partial charge on any atom is -0.383 e. The molecule has 0 saturated carbocycles. The number of carbonyl (C=O) groups is 1. The Morgan fingerprint density at radius 1 is 1.19 bits per heavy atom. The largest absolute Gasteiger partial charge is 0.383 e. The molecule has 2 heterocycles. The van der Waals surface area contributed by atoms with Crippen LogP contribution in [0.5, 0.6) is 0 Å². The Hall–Kier alpha value is -3.75. The molecular weight excluding hydrogens is 426 g/mol. The molecule has 1 amide bonds. The van der Waals surface area contributed by atoms with E-state index >= 15 is 0 Å². The zero-order valence-electron chi connectivity index (χ0n) is 17.7. The zero-order chi connectivity index (χ0) is 22.7. The van der Waals surface area contributed by atoms with Crippen LogP contribution in [0.25, 0.3) is 28.0 Å². The number of amides is 1. The van der Waals surface area contributed by atoms with Gasteiger partial charge in [0.1, 0.15) is 17.8 Å². The molecular formula is C23H22ClN7O. The summed E-state index contributed by atoms with van der Waals surface area (Å²) in [5.74, 6) is 0.129. The van der Waals surface area contributed by atoms with Gasteiger partial charge in [-0.25, -0.2) is 14.6 Å². The molecule has 0 fully saturated rings. The lowest BCUT2D eigenvalue weighted by Crippen LogP contribution is -2.13. The summed E-state index contributed by atoms with van der Waals surface area (Å²) in [6, 6.07) is 14.7. The first-order valence-electron chi connectivity index (χ1n) is 9.90. The molecule has 0 spiro atoms. The first-order chi connectivity index (χ1) is 15.4. The molecule has 9 heteroatoms. The van der Waals surface area contributed by atoms with Crippen LogP contribution in [-0.2, 0) is 4.79 Å². The molecule has 0 bridgehead atoms. The van der Waals surface area contributed by atoms with E-state index in [1.165, 1.54) is 12.4 Å². The summed E-state index contributed by atoms with van der Waals surface area (Å²) in [6.07, 6.45) is 4.73. The first kappa shape index (κ1) is 21.5. The molecule has 2 aromatic heterocycles. The van der Waals surface area contributed by atoms with Crippen molar-refractivity contribution in [2.75, 3.05) is 31.7 Å². The monoisotopic (exact) mass is 447 g/mol. The fourth-order valence-electron chi connectivity index (χ4n) is 3.23. The van der Waals surface area contributed by atoms with Gasteiger partial charge in [-0.1, -0.05) is 35.9 Å². The lowest BCUT2D eigenvalue weighted by atomic mass is 10.1. The van der Waals surface area contributed by atoms with E-state index < -0.39 is 0 Å². The van der Waals surface area contributed by atoms with Crippen LogP contribution in [0.3, 0.4) is 0 Å². The SMILES string of the molecule is CN(C)C/C=C/C(=O)Nc1cccc(-n2nc(-c3ccc(Cl)cc3)c3c(N)ncnc32)c1. The molecule has 4 aromatic rings. The van der Waals surface area contributed by atoms with E-state index in [9.17, 15) is 4.79 Å². The van der Waals surface area contributed by atoms with E-state index in [0.29, 0.717) is 39.8 Å². The van der Waals surface area contributed by atoms with E-state index in [1.807, 2.05) is 55.4 Å². The number of hydrogen-bond acceptors (Lipinski definition) is 6. The molecule has 2 aromatic carbocycles. The third kappa shape index (κ3) is 4.61. The van der Waals surface area contributed by atoms with Crippen LogP contribution in [0.4, 0.5) is 11.5 Å². The van der Waals surface area contributed by atoms with Crippen LogP contribution >= 0.6 is 11.6 Å². The van der Waals surface area contributed by atoms with Gasteiger partial charge in [0.2, 0.25) is 5.91 Å². The third-order valence-corrected chi connectivity index (χ3v) is 4.96. The summed E-state index contributed by atoms with van der Waals surface area (Å²) in [5, 5.41) is 8.92. The predicted molar refractivity (Wildman–Crippen MR) is 128 cm³/mol. The Kier molecular flexibility index (Phi) is 6.16. The number of nitrogens with zero attached hydrogens (tertiary/aromatic N) is 5. The van der Waals surface area contributed by atoms with Gasteiger partial charge in [0.15, 0.2) is 5.65 Å². The number of halogens is 1. The molecule has 162 valence electrons. The summed E-state index contributed by atoms with van der Waals surface area (Å²) in [4.78, 5) is 22.7. The number of fused-ring (bicyclic) bond motifs is 1. The molecule has 3 N–H and O–H groups in total. The number of nitrogens with two attached hydrogens (primary N) is 1. The summed E-state index contributed by atoms with van der Waals surface area (Å²) >= 11 is 6.04. The van der Waals surface area contributed by atoms with Crippen molar-refractivity contribution in [1.29, 1.82) is 0 Å². The fourth-order valence-corrected chi connectivity index (χ4v) is 3.36. The van der Waals surface area contributed by atoms with E-state index in [0.717, 1.165) is 11.3 Å². The van der Waals surface area contributed by atoms with Crippen molar-refractivity contribution in [3.8, 4) is 16.9 Å². The van der Waals surface area contributed by atoms with Crippen LogP contribution in [0, 0.1) is 0 Å². The van der Waals surface area contributed by atoms with Crippen molar-refractivity contribution in [3.05, 3.63) is 72.0 Å². The Balaban J connectivity index is 1.72. The van der Waals surface area contributed by atoms with Gasteiger partial charge in [0.25, 0.3) is 0 Å². The average molecular weight is 448 g/mol. The predicted octanol–water partition coefficient (Wildman–Crippen LogP) is 3.77. The minimum absolute atomic E-state index is 0.206. The van der Waals surface area contributed by atoms with E-state index in [4.69, 9.17) is 22.4 Å². The molecule has 4 rings (SSSR count). The Morgan fingerprint density at radius 2 is 1.97 bits per heavy atom. The van der Waals surface area contributed by atoms with Crippen molar-refractivity contribution >= 4 is 40.0 Å². The van der Waals surface area contributed by atoms with Crippen molar-refractivity contribution in [2.24, 2.45) is 0 Å². The van der Waals surface area contributed by atoms with E-state index in [2.05, 4.69) is 15.3 Å².